The van der Waals surface area contributed by atoms with Crippen LogP contribution in [0.5, 0.6) is 0 Å². The van der Waals surface area contributed by atoms with Gasteiger partial charge in [-0.3, -0.25) is 24.4 Å². The van der Waals surface area contributed by atoms with Crippen molar-refractivity contribution in [1.82, 2.24) is 19.8 Å². The van der Waals surface area contributed by atoms with Crippen LogP contribution in [0.4, 0.5) is 0 Å². The van der Waals surface area contributed by atoms with Crippen LogP contribution >= 0.6 is 0 Å². The minimum absolute atomic E-state index is 0.108. The lowest BCUT2D eigenvalue weighted by molar-refractivity contribution is -0.150. The highest BCUT2D eigenvalue weighted by molar-refractivity contribution is 5.94. The predicted octanol–water partition coefficient (Wildman–Crippen LogP) is 0.191. The first-order valence-corrected chi connectivity index (χ1v) is 9.04. The molecule has 4 rings (SSSR count). The van der Waals surface area contributed by atoms with Crippen LogP contribution in [0.3, 0.4) is 0 Å². The second-order valence-corrected chi connectivity index (χ2v) is 7.65. The standard InChI is InChI=1S/C18H22N4O4/c23-15(4-3-13-7-19-5-6-20-13)21-9-14-16(24)22(8-12-1-2-12)11-18(14,10-21)17(25)26/h5-7,12,14H,1-4,8-11H2,(H,25,26)/t14-,18-/m0/s1. The molecule has 1 aromatic heterocycles. The van der Waals surface area contributed by atoms with E-state index in [1.165, 1.54) is 0 Å². The minimum Gasteiger partial charge on any atom is -0.481 e. The SMILES string of the molecule is O=C(CCc1cnccn1)N1C[C@H]2C(=O)N(CC3CC3)C[C@@]2(C(=O)O)C1. The Morgan fingerprint density at radius 2 is 2.08 bits per heavy atom. The Morgan fingerprint density at radius 3 is 2.69 bits per heavy atom. The molecule has 26 heavy (non-hydrogen) atoms. The normalized spacial score (nSPS) is 27.7. The van der Waals surface area contributed by atoms with Gasteiger partial charge in [-0.25, -0.2) is 0 Å². The van der Waals surface area contributed by atoms with E-state index in [0.29, 0.717) is 18.9 Å². The number of carboxylic acids is 1. The van der Waals surface area contributed by atoms with Crippen LogP contribution in [-0.4, -0.2) is 68.8 Å². The molecule has 0 unspecified atom stereocenters. The molecular formula is C18H22N4O4. The maximum Gasteiger partial charge on any atom is 0.314 e. The molecule has 2 saturated heterocycles. The quantitative estimate of drug-likeness (QED) is 0.779. The minimum atomic E-state index is -1.16. The molecule has 1 saturated carbocycles. The van der Waals surface area contributed by atoms with Crippen molar-refractivity contribution in [1.29, 1.82) is 0 Å². The molecule has 2 atom stereocenters. The zero-order valence-electron chi connectivity index (χ0n) is 14.5. The summed E-state index contributed by atoms with van der Waals surface area (Å²) >= 11 is 0. The zero-order chi connectivity index (χ0) is 18.3. The van der Waals surface area contributed by atoms with Gasteiger partial charge in [0.15, 0.2) is 0 Å². The molecule has 2 amide bonds. The summed E-state index contributed by atoms with van der Waals surface area (Å²) in [6, 6.07) is 0. The van der Waals surface area contributed by atoms with Crippen LogP contribution in [0.1, 0.15) is 25.0 Å². The Hall–Kier alpha value is -2.51. The average Bonchev–Trinajstić information content (AvgIpc) is 3.30. The number of carbonyl (C=O) groups is 3. The summed E-state index contributed by atoms with van der Waals surface area (Å²) in [5.74, 6) is -1.32. The highest BCUT2D eigenvalue weighted by Crippen LogP contribution is 2.45. The van der Waals surface area contributed by atoms with Gasteiger partial charge in [-0.2, -0.15) is 0 Å². The molecule has 1 aliphatic carbocycles. The zero-order valence-corrected chi connectivity index (χ0v) is 14.5. The van der Waals surface area contributed by atoms with Crippen molar-refractivity contribution >= 4 is 17.8 Å². The maximum absolute atomic E-state index is 12.7. The third-order valence-electron chi connectivity index (χ3n) is 5.79. The summed E-state index contributed by atoms with van der Waals surface area (Å²) < 4.78 is 0. The number of fused-ring (bicyclic) bond motifs is 1. The van der Waals surface area contributed by atoms with Crippen molar-refractivity contribution in [3.8, 4) is 0 Å². The highest BCUT2D eigenvalue weighted by Gasteiger charge is 2.62. The second kappa shape index (κ2) is 6.34. The first-order chi connectivity index (χ1) is 12.5. The molecule has 0 bridgehead atoms. The molecule has 1 N–H and O–H groups in total. The molecule has 138 valence electrons. The van der Waals surface area contributed by atoms with Crippen LogP contribution in [0.15, 0.2) is 18.6 Å². The van der Waals surface area contributed by atoms with Gasteiger partial charge in [-0.15, -0.1) is 0 Å². The first-order valence-electron chi connectivity index (χ1n) is 9.04. The Labute approximate surface area is 151 Å². The number of aryl methyl sites for hydroxylation is 1. The summed E-state index contributed by atoms with van der Waals surface area (Å²) in [6.45, 7) is 1.19. The summed E-state index contributed by atoms with van der Waals surface area (Å²) in [7, 11) is 0. The van der Waals surface area contributed by atoms with Crippen LogP contribution in [0.25, 0.3) is 0 Å². The number of nitrogens with zero attached hydrogens (tertiary/aromatic N) is 4. The smallest absolute Gasteiger partial charge is 0.314 e. The predicted molar refractivity (Wildman–Crippen MR) is 89.8 cm³/mol. The number of hydrogen-bond donors (Lipinski definition) is 1. The van der Waals surface area contributed by atoms with Gasteiger partial charge in [0.1, 0.15) is 5.41 Å². The van der Waals surface area contributed by atoms with Crippen molar-refractivity contribution in [2.24, 2.45) is 17.3 Å². The van der Waals surface area contributed by atoms with Crippen molar-refractivity contribution in [2.45, 2.75) is 25.7 Å². The third-order valence-corrected chi connectivity index (χ3v) is 5.79. The number of aliphatic carboxylic acids is 1. The van der Waals surface area contributed by atoms with E-state index < -0.39 is 17.3 Å². The van der Waals surface area contributed by atoms with Gasteiger partial charge < -0.3 is 14.9 Å². The van der Waals surface area contributed by atoms with Crippen molar-refractivity contribution in [3.05, 3.63) is 24.3 Å². The molecule has 0 radical (unpaired) electrons. The molecule has 3 fully saturated rings. The summed E-state index contributed by atoms with van der Waals surface area (Å²) in [4.78, 5) is 48.6. The molecule has 0 spiro atoms. The molecule has 0 aromatic carbocycles. The number of hydrogen-bond acceptors (Lipinski definition) is 5. The Kier molecular flexibility index (Phi) is 4.13. The van der Waals surface area contributed by atoms with Crippen LogP contribution < -0.4 is 0 Å². The van der Waals surface area contributed by atoms with Gasteiger partial charge in [0.2, 0.25) is 11.8 Å². The number of carbonyl (C=O) groups excluding carboxylic acids is 2. The van der Waals surface area contributed by atoms with Gasteiger partial charge >= 0.3 is 5.97 Å². The third kappa shape index (κ3) is 2.93. The largest absolute Gasteiger partial charge is 0.481 e. The molecule has 8 nitrogen and oxygen atoms in total. The van der Waals surface area contributed by atoms with Crippen molar-refractivity contribution in [2.75, 3.05) is 26.2 Å². The molecular weight excluding hydrogens is 336 g/mol. The lowest BCUT2D eigenvalue weighted by Crippen LogP contribution is -2.42. The molecule has 8 heteroatoms. The molecule has 3 aliphatic rings. The lowest BCUT2D eigenvalue weighted by Gasteiger charge is -2.25. The summed E-state index contributed by atoms with van der Waals surface area (Å²) in [5, 5.41) is 9.83. The number of likely N-dealkylation sites (tertiary alicyclic amines) is 2. The van der Waals surface area contributed by atoms with E-state index in [9.17, 15) is 19.5 Å². The van der Waals surface area contributed by atoms with Crippen molar-refractivity contribution in [3.63, 3.8) is 0 Å². The van der Waals surface area contributed by atoms with Gasteiger partial charge in [-0.1, -0.05) is 0 Å². The van der Waals surface area contributed by atoms with E-state index >= 15 is 0 Å². The second-order valence-electron chi connectivity index (χ2n) is 7.65. The lowest BCUT2D eigenvalue weighted by atomic mass is 9.81. The summed E-state index contributed by atoms with van der Waals surface area (Å²) in [5.41, 5.74) is -0.436. The summed E-state index contributed by atoms with van der Waals surface area (Å²) in [6.07, 6.45) is 7.68. The first kappa shape index (κ1) is 16.9. The average molecular weight is 358 g/mol. The Bertz CT molecular complexity index is 736. The van der Waals surface area contributed by atoms with E-state index in [2.05, 4.69) is 9.97 Å². The number of amides is 2. The highest BCUT2D eigenvalue weighted by atomic mass is 16.4. The Morgan fingerprint density at radius 1 is 1.27 bits per heavy atom. The molecule has 3 heterocycles. The fourth-order valence-corrected chi connectivity index (χ4v) is 4.12. The molecule has 1 aromatic rings. The maximum atomic E-state index is 12.7. The van der Waals surface area contributed by atoms with Gasteiger partial charge in [0.25, 0.3) is 0 Å². The molecule has 2 aliphatic heterocycles. The van der Waals surface area contributed by atoms with Crippen LogP contribution in [0, 0.1) is 17.3 Å². The van der Waals surface area contributed by atoms with Gasteiger partial charge in [-0.05, 0) is 25.2 Å². The van der Waals surface area contributed by atoms with E-state index in [1.807, 2.05) is 0 Å². The van der Waals surface area contributed by atoms with Gasteiger partial charge in [0, 0.05) is 51.2 Å². The van der Waals surface area contributed by atoms with Crippen LogP contribution in [0.2, 0.25) is 0 Å². The van der Waals surface area contributed by atoms with E-state index in [-0.39, 0.29) is 37.9 Å². The Balaban J connectivity index is 1.42. The van der Waals surface area contributed by atoms with E-state index in [0.717, 1.165) is 18.5 Å². The monoisotopic (exact) mass is 358 g/mol. The number of rotatable bonds is 6. The van der Waals surface area contributed by atoms with Gasteiger partial charge in [0.05, 0.1) is 11.6 Å². The fourth-order valence-electron chi connectivity index (χ4n) is 4.12. The topological polar surface area (TPSA) is 104 Å². The number of carboxylic acid groups (broad SMARTS) is 1. The fraction of sp³-hybridized carbons (Fsp3) is 0.611. The van der Waals surface area contributed by atoms with Crippen molar-refractivity contribution < 1.29 is 19.5 Å². The van der Waals surface area contributed by atoms with Crippen LogP contribution in [-0.2, 0) is 20.8 Å². The van der Waals surface area contributed by atoms with E-state index in [4.69, 9.17) is 0 Å². The number of aromatic nitrogens is 2. The van der Waals surface area contributed by atoms with E-state index in [1.54, 1.807) is 28.4 Å².